The molecule has 1 N–H and O–H groups in total. The Kier molecular flexibility index (Phi) is 3.42. The first-order chi connectivity index (χ1) is 9.16. The van der Waals surface area contributed by atoms with Crippen LogP contribution in [0.5, 0.6) is 0 Å². The lowest BCUT2D eigenvalue weighted by atomic mass is 10.4. The fourth-order valence-electron chi connectivity index (χ4n) is 2.65. The summed E-state index contributed by atoms with van der Waals surface area (Å²) in [6.07, 6.45) is 0. The summed E-state index contributed by atoms with van der Waals surface area (Å²) in [4.78, 5) is 5.67. The maximum atomic E-state index is 5.42. The van der Waals surface area contributed by atoms with E-state index in [0.717, 1.165) is 61.0 Å². The molecule has 3 heterocycles. The van der Waals surface area contributed by atoms with Gasteiger partial charge in [0.1, 0.15) is 5.52 Å². The molecule has 0 amide bonds. The Bertz CT molecular complexity index is 634. The van der Waals surface area contributed by atoms with E-state index in [1.807, 2.05) is 18.7 Å². The monoisotopic (exact) mass is 281 g/mol. The molecule has 7 heteroatoms. The van der Waals surface area contributed by atoms with E-state index in [2.05, 4.69) is 19.5 Å². The highest BCUT2D eigenvalue weighted by molar-refractivity contribution is 7.71. The zero-order valence-corrected chi connectivity index (χ0v) is 12.2. The Morgan fingerprint density at radius 1 is 1.32 bits per heavy atom. The van der Waals surface area contributed by atoms with Gasteiger partial charge in [-0.05, 0) is 19.1 Å². The van der Waals surface area contributed by atoms with Gasteiger partial charge in [-0.3, -0.25) is 9.58 Å². The third kappa shape index (κ3) is 2.33. The minimum absolute atomic E-state index is 0.777. The summed E-state index contributed by atoms with van der Waals surface area (Å²) in [5.74, 6) is 0. The van der Waals surface area contributed by atoms with Crippen LogP contribution in [-0.4, -0.2) is 57.1 Å². The molecule has 3 rings (SSSR count). The SMILES string of the molecule is Cc1nn(C)c2c1[nH]c(=S)n2CCN1CCOCC1. The second-order valence-corrected chi connectivity index (χ2v) is 5.33. The van der Waals surface area contributed by atoms with E-state index in [-0.39, 0.29) is 0 Å². The summed E-state index contributed by atoms with van der Waals surface area (Å²) in [5, 5.41) is 4.43. The lowest BCUT2D eigenvalue weighted by Gasteiger charge is -2.26. The molecule has 0 unspecified atom stereocenters. The zero-order valence-electron chi connectivity index (χ0n) is 11.3. The minimum atomic E-state index is 0.777. The van der Waals surface area contributed by atoms with Gasteiger partial charge >= 0.3 is 0 Å². The van der Waals surface area contributed by atoms with Crippen LogP contribution >= 0.6 is 12.2 Å². The maximum absolute atomic E-state index is 5.42. The van der Waals surface area contributed by atoms with E-state index in [1.54, 1.807) is 0 Å². The van der Waals surface area contributed by atoms with Crippen molar-refractivity contribution in [2.45, 2.75) is 13.5 Å². The first-order valence-corrected chi connectivity index (χ1v) is 7.00. The fourth-order valence-corrected chi connectivity index (χ4v) is 2.93. The van der Waals surface area contributed by atoms with Crippen molar-refractivity contribution in [3.63, 3.8) is 0 Å². The van der Waals surface area contributed by atoms with Gasteiger partial charge in [-0.25, -0.2) is 0 Å². The predicted octanol–water partition coefficient (Wildman–Crippen LogP) is 1.07. The second kappa shape index (κ2) is 5.07. The van der Waals surface area contributed by atoms with E-state index in [9.17, 15) is 0 Å². The number of ether oxygens (including phenoxy) is 1. The van der Waals surface area contributed by atoms with Crippen LogP contribution < -0.4 is 0 Å². The van der Waals surface area contributed by atoms with Crippen molar-refractivity contribution < 1.29 is 4.74 Å². The van der Waals surface area contributed by atoms with Crippen LogP contribution in [0.1, 0.15) is 5.69 Å². The third-order valence-electron chi connectivity index (χ3n) is 3.67. The normalized spacial score (nSPS) is 17.4. The van der Waals surface area contributed by atoms with Crippen LogP contribution in [0.3, 0.4) is 0 Å². The Morgan fingerprint density at radius 3 is 2.79 bits per heavy atom. The fraction of sp³-hybridized carbons (Fsp3) is 0.667. The number of fused-ring (bicyclic) bond motifs is 1. The standard InChI is InChI=1S/C12H19N5OS/c1-9-10-11(15(2)14-9)17(12(19)13-10)4-3-16-5-7-18-8-6-16/h3-8H2,1-2H3,(H,13,19). The van der Waals surface area contributed by atoms with Crippen LogP contribution in [0, 0.1) is 11.7 Å². The van der Waals surface area contributed by atoms with E-state index < -0.39 is 0 Å². The number of nitrogens with zero attached hydrogens (tertiary/aromatic N) is 4. The van der Waals surface area contributed by atoms with Crippen LogP contribution in [0.2, 0.25) is 0 Å². The molecule has 1 aliphatic heterocycles. The number of hydrogen-bond acceptors (Lipinski definition) is 4. The molecule has 6 nitrogen and oxygen atoms in total. The summed E-state index contributed by atoms with van der Waals surface area (Å²) >= 11 is 5.42. The highest BCUT2D eigenvalue weighted by Crippen LogP contribution is 2.16. The van der Waals surface area contributed by atoms with Crippen molar-refractivity contribution in [1.82, 2.24) is 24.2 Å². The summed E-state index contributed by atoms with van der Waals surface area (Å²) in [7, 11) is 1.96. The molecule has 19 heavy (non-hydrogen) atoms. The number of hydrogen-bond donors (Lipinski definition) is 1. The molecule has 0 radical (unpaired) electrons. The molecule has 1 saturated heterocycles. The predicted molar refractivity (Wildman–Crippen MR) is 75.9 cm³/mol. The number of H-pyrrole nitrogens is 1. The Hall–Kier alpha value is -1.18. The molecule has 0 atom stereocenters. The van der Waals surface area contributed by atoms with Gasteiger partial charge in [0.15, 0.2) is 10.4 Å². The zero-order chi connectivity index (χ0) is 13.4. The second-order valence-electron chi connectivity index (χ2n) is 4.94. The molecule has 0 bridgehead atoms. The number of aromatic amines is 1. The van der Waals surface area contributed by atoms with Gasteiger partial charge in [-0.15, -0.1) is 0 Å². The van der Waals surface area contributed by atoms with Crippen LogP contribution in [0.15, 0.2) is 0 Å². The average Bonchev–Trinajstić information content (AvgIpc) is 2.87. The van der Waals surface area contributed by atoms with E-state index >= 15 is 0 Å². The molecule has 104 valence electrons. The van der Waals surface area contributed by atoms with E-state index in [0.29, 0.717) is 0 Å². The average molecular weight is 281 g/mol. The number of rotatable bonds is 3. The van der Waals surface area contributed by atoms with Gasteiger partial charge in [0.2, 0.25) is 0 Å². The molecule has 2 aromatic heterocycles. The van der Waals surface area contributed by atoms with Crippen molar-refractivity contribution in [1.29, 1.82) is 0 Å². The quantitative estimate of drug-likeness (QED) is 0.855. The van der Waals surface area contributed by atoms with Crippen molar-refractivity contribution in [3.05, 3.63) is 10.5 Å². The lowest BCUT2D eigenvalue weighted by Crippen LogP contribution is -2.38. The Balaban J connectivity index is 1.83. The number of aryl methyl sites for hydroxylation is 2. The highest BCUT2D eigenvalue weighted by Gasteiger charge is 2.14. The largest absolute Gasteiger partial charge is 0.379 e. The van der Waals surface area contributed by atoms with Crippen LogP contribution in [0.4, 0.5) is 0 Å². The van der Waals surface area contributed by atoms with Crippen LogP contribution in [-0.2, 0) is 18.3 Å². The first-order valence-electron chi connectivity index (χ1n) is 6.59. The molecule has 0 aromatic carbocycles. The molecule has 1 aliphatic rings. The van der Waals surface area contributed by atoms with Crippen LogP contribution in [0.25, 0.3) is 11.2 Å². The van der Waals surface area contributed by atoms with E-state index in [4.69, 9.17) is 17.0 Å². The molecule has 1 fully saturated rings. The Labute approximate surface area is 117 Å². The smallest absolute Gasteiger partial charge is 0.179 e. The third-order valence-corrected chi connectivity index (χ3v) is 3.99. The number of aromatic nitrogens is 4. The van der Waals surface area contributed by atoms with Gasteiger partial charge in [0.05, 0.1) is 18.9 Å². The molecule has 0 saturated carbocycles. The number of imidazole rings is 1. The van der Waals surface area contributed by atoms with Gasteiger partial charge in [-0.2, -0.15) is 5.10 Å². The van der Waals surface area contributed by atoms with Gasteiger partial charge in [-0.1, -0.05) is 0 Å². The first kappa shape index (κ1) is 12.8. The lowest BCUT2D eigenvalue weighted by molar-refractivity contribution is 0.0364. The molecule has 2 aromatic rings. The molecular formula is C12H19N5OS. The highest BCUT2D eigenvalue weighted by atomic mass is 32.1. The minimum Gasteiger partial charge on any atom is -0.379 e. The van der Waals surface area contributed by atoms with E-state index in [1.165, 1.54) is 0 Å². The summed E-state index contributed by atoms with van der Waals surface area (Å²) in [6.45, 7) is 7.56. The van der Waals surface area contributed by atoms with Gasteiger partial charge in [0, 0.05) is 33.2 Å². The van der Waals surface area contributed by atoms with Crippen molar-refractivity contribution in [2.24, 2.45) is 7.05 Å². The summed E-state index contributed by atoms with van der Waals surface area (Å²) in [5.41, 5.74) is 3.12. The summed E-state index contributed by atoms with van der Waals surface area (Å²) < 4.78 is 10.2. The summed E-state index contributed by atoms with van der Waals surface area (Å²) in [6, 6.07) is 0. The maximum Gasteiger partial charge on any atom is 0.179 e. The number of morpholine rings is 1. The van der Waals surface area contributed by atoms with Crippen molar-refractivity contribution >= 4 is 23.4 Å². The van der Waals surface area contributed by atoms with Gasteiger partial charge in [0.25, 0.3) is 0 Å². The molecule has 0 spiro atoms. The molecule has 0 aliphatic carbocycles. The van der Waals surface area contributed by atoms with Gasteiger partial charge < -0.3 is 14.3 Å². The van der Waals surface area contributed by atoms with Crippen molar-refractivity contribution in [3.8, 4) is 0 Å². The molecular weight excluding hydrogens is 262 g/mol. The topological polar surface area (TPSA) is 51.0 Å². The number of nitrogens with one attached hydrogen (secondary N) is 1. The van der Waals surface area contributed by atoms with Crippen molar-refractivity contribution in [2.75, 3.05) is 32.8 Å². The Morgan fingerprint density at radius 2 is 2.05 bits per heavy atom.